The summed E-state index contributed by atoms with van der Waals surface area (Å²) in [6.45, 7) is 6.55. The SMILES string of the molecule is Cc1nccc(C2CCCN2Cc2ccccc2N2CCCC2)n1. The van der Waals surface area contributed by atoms with E-state index in [1.165, 1.54) is 55.7 Å². The van der Waals surface area contributed by atoms with Gasteiger partial charge in [0.1, 0.15) is 5.82 Å². The van der Waals surface area contributed by atoms with E-state index < -0.39 is 0 Å². The van der Waals surface area contributed by atoms with Crippen molar-refractivity contribution in [3.63, 3.8) is 0 Å². The number of aryl methyl sites for hydroxylation is 1. The summed E-state index contributed by atoms with van der Waals surface area (Å²) in [4.78, 5) is 14.1. The molecule has 2 aromatic rings. The minimum absolute atomic E-state index is 0.429. The van der Waals surface area contributed by atoms with Crippen LogP contribution in [0, 0.1) is 6.92 Å². The van der Waals surface area contributed by atoms with Gasteiger partial charge in [-0.2, -0.15) is 0 Å². The number of hydrogen-bond acceptors (Lipinski definition) is 4. The lowest BCUT2D eigenvalue weighted by atomic mass is 10.1. The quantitative estimate of drug-likeness (QED) is 0.859. The highest BCUT2D eigenvalue weighted by Crippen LogP contribution is 2.34. The number of likely N-dealkylation sites (tertiary alicyclic amines) is 1. The molecule has 0 saturated carbocycles. The summed E-state index contributed by atoms with van der Waals surface area (Å²) in [7, 11) is 0. The van der Waals surface area contributed by atoms with Crippen LogP contribution in [0.5, 0.6) is 0 Å². The summed E-state index contributed by atoms with van der Waals surface area (Å²) in [5, 5.41) is 0. The Morgan fingerprint density at radius 2 is 1.88 bits per heavy atom. The standard InChI is InChI=1S/C20H26N4/c1-16-21-11-10-18(22-16)20-9-6-14-24(20)15-17-7-2-3-8-19(17)23-12-4-5-13-23/h2-3,7-8,10-11,20H,4-6,9,12-15H2,1H3. The molecule has 1 aromatic heterocycles. The van der Waals surface area contributed by atoms with E-state index in [0.29, 0.717) is 6.04 Å². The van der Waals surface area contributed by atoms with Crippen molar-refractivity contribution in [3.05, 3.63) is 53.6 Å². The van der Waals surface area contributed by atoms with Gasteiger partial charge >= 0.3 is 0 Å². The maximum absolute atomic E-state index is 4.68. The maximum Gasteiger partial charge on any atom is 0.125 e. The number of aromatic nitrogens is 2. The van der Waals surface area contributed by atoms with Gasteiger partial charge in [0.25, 0.3) is 0 Å². The van der Waals surface area contributed by atoms with Crippen LogP contribution >= 0.6 is 0 Å². The molecule has 0 spiro atoms. The van der Waals surface area contributed by atoms with Crippen molar-refractivity contribution < 1.29 is 0 Å². The van der Waals surface area contributed by atoms with Crippen molar-refractivity contribution in [2.75, 3.05) is 24.5 Å². The molecular formula is C20H26N4. The third kappa shape index (κ3) is 3.16. The van der Waals surface area contributed by atoms with Gasteiger partial charge in [-0.1, -0.05) is 18.2 Å². The average Bonchev–Trinajstić information content (AvgIpc) is 3.27. The molecule has 0 amide bonds. The second-order valence-corrected chi connectivity index (χ2v) is 6.98. The fourth-order valence-corrected chi connectivity index (χ4v) is 4.14. The molecule has 3 heterocycles. The molecule has 2 aliphatic rings. The Morgan fingerprint density at radius 3 is 2.71 bits per heavy atom. The fourth-order valence-electron chi connectivity index (χ4n) is 4.14. The van der Waals surface area contributed by atoms with Crippen molar-refractivity contribution in [3.8, 4) is 0 Å². The molecule has 0 bridgehead atoms. The van der Waals surface area contributed by atoms with Gasteiger partial charge in [0.2, 0.25) is 0 Å². The molecule has 0 aliphatic carbocycles. The Balaban J connectivity index is 1.56. The minimum atomic E-state index is 0.429. The van der Waals surface area contributed by atoms with Crippen LogP contribution in [0.15, 0.2) is 36.5 Å². The molecular weight excluding hydrogens is 296 g/mol. The molecule has 126 valence electrons. The lowest BCUT2D eigenvalue weighted by Crippen LogP contribution is -2.26. The molecule has 1 unspecified atom stereocenters. The molecule has 2 aliphatic heterocycles. The first-order valence-corrected chi connectivity index (χ1v) is 9.18. The second-order valence-electron chi connectivity index (χ2n) is 6.98. The predicted octanol–water partition coefficient (Wildman–Crippen LogP) is 3.72. The fraction of sp³-hybridized carbons (Fsp3) is 0.500. The van der Waals surface area contributed by atoms with Gasteiger partial charge in [0.15, 0.2) is 0 Å². The third-order valence-electron chi connectivity index (χ3n) is 5.31. The van der Waals surface area contributed by atoms with Crippen LogP contribution in [0.1, 0.15) is 48.8 Å². The molecule has 4 heteroatoms. The van der Waals surface area contributed by atoms with Crippen LogP contribution in [-0.2, 0) is 6.54 Å². The Hall–Kier alpha value is -1.94. The summed E-state index contributed by atoms with van der Waals surface area (Å²) in [5.41, 5.74) is 4.07. The summed E-state index contributed by atoms with van der Waals surface area (Å²) in [6.07, 6.45) is 6.98. The highest BCUT2D eigenvalue weighted by Gasteiger charge is 2.28. The Kier molecular flexibility index (Phi) is 4.48. The van der Waals surface area contributed by atoms with E-state index in [1.807, 2.05) is 13.1 Å². The van der Waals surface area contributed by atoms with Crippen molar-refractivity contribution in [2.24, 2.45) is 0 Å². The first kappa shape index (κ1) is 15.6. The molecule has 0 radical (unpaired) electrons. The van der Waals surface area contributed by atoms with Gasteiger partial charge < -0.3 is 4.90 Å². The first-order valence-electron chi connectivity index (χ1n) is 9.18. The van der Waals surface area contributed by atoms with E-state index in [1.54, 1.807) is 0 Å². The molecule has 1 atom stereocenters. The van der Waals surface area contributed by atoms with Gasteiger partial charge in [-0.3, -0.25) is 4.90 Å². The normalized spacial score (nSPS) is 21.5. The zero-order valence-corrected chi connectivity index (χ0v) is 14.5. The molecule has 0 N–H and O–H groups in total. The Labute approximate surface area is 144 Å². The molecule has 2 fully saturated rings. The number of nitrogens with zero attached hydrogens (tertiary/aromatic N) is 4. The Morgan fingerprint density at radius 1 is 1.04 bits per heavy atom. The lowest BCUT2D eigenvalue weighted by molar-refractivity contribution is 0.244. The van der Waals surface area contributed by atoms with E-state index >= 15 is 0 Å². The number of hydrogen-bond donors (Lipinski definition) is 0. The average molecular weight is 322 g/mol. The maximum atomic E-state index is 4.68. The smallest absolute Gasteiger partial charge is 0.125 e. The monoisotopic (exact) mass is 322 g/mol. The number of rotatable bonds is 4. The Bertz CT molecular complexity index is 694. The van der Waals surface area contributed by atoms with Crippen LogP contribution in [0.3, 0.4) is 0 Å². The highest BCUT2D eigenvalue weighted by atomic mass is 15.2. The third-order valence-corrected chi connectivity index (χ3v) is 5.31. The van der Waals surface area contributed by atoms with Crippen LogP contribution < -0.4 is 4.90 Å². The van der Waals surface area contributed by atoms with Crippen molar-refractivity contribution in [2.45, 2.75) is 45.2 Å². The zero-order chi connectivity index (χ0) is 16.4. The summed E-state index contributed by atoms with van der Waals surface area (Å²) >= 11 is 0. The summed E-state index contributed by atoms with van der Waals surface area (Å²) in [5.74, 6) is 0.872. The van der Waals surface area contributed by atoms with Gasteiger partial charge in [-0.25, -0.2) is 9.97 Å². The van der Waals surface area contributed by atoms with Crippen molar-refractivity contribution in [1.29, 1.82) is 0 Å². The summed E-state index contributed by atoms with van der Waals surface area (Å²) in [6, 6.07) is 11.5. The zero-order valence-electron chi connectivity index (χ0n) is 14.5. The highest BCUT2D eigenvalue weighted by molar-refractivity contribution is 5.54. The molecule has 1 aromatic carbocycles. The van der Waals surface area contributed by atoms with E-state index in [2.05, 4.69) is 50.1 Å². The summed E-state index contributed by atoms with van der Waals surface area (Å²) < 4.78 is 0. The largest absolute Gasteiger partial charge is 0.371 e. The minimum Gasteiger partial charge on any atom is -0.371 e. The molecule has 2 saturated heterocycles. The van der Waals surface area contributed by atoms with Crippen LogP contribution in [-0.4, -0.2) is 34.5 Å². The second kappa shape index (κ2) is 6.89. The van der Waals surface area contributed by atoms with E-state index in [9.17, 15) is 0 Å². The van der Waals surface area contributed by atoms with Gasteiger partial charge in [-0.05, 0) is 56.8 Å². The first-order chi connectivity index (χ1) is 11.8. The van der Waals surface area contributed by atoms with Crippen molar-refractivity contribution >= 4 is 5.69 Å². The van der Waals surface area contributed by atoms with Gasteiger partial charge in [-0.15, -0.1) is 0 Å². The van der Waals surface area contributed by atoms with E-state index in [0.717, 1.165) is 18.9 Å². The number of para-hydroxylation sites is 1. The van der Waals surface area contributed by atoms with E-state index in [-0.39, 0.29) is 0 Å². The molecule has 4 rings (SSSR count). The number of benzene rings is 1. The van der Waals surface area contributed by atoms with Crippen LogP contribution in [0.25, 0.3) is 0 Å². The predicted molar refractivity (Wildman–Crippen MR) is 97.0 cm³/mol. The van der Waals surface area contributed by atoms with Gasteiger partial charge in [0, 0.05) is 31.5 Å². The van der Waals surface area contributed by atoms with Crippen LogP contribution in [0.2, 0.25) is 0 Å². The van der Waals surface area contributed by atoms with Crippen LogP contribution in [0.4, 0.5) is 5.69 Å². The topological polar surface area (TPSA) is 32.3 Å². The number of anilines is 1. The molecule has 24 heavy (non-hydrogen) atoms. The van der Waals surface area contributed by atoms with Crippen molar-refractivity contribution in [1.82, 2.24) is 14.9 Å². The lowest BCUT2D eigenvalue weighted by Gasteiger charge is -2.27. The van der Waals surface area contributed by atoms with Gasteiger partial charge in [0.05, 0.1) is 11.7 Å². The molecule has 4 nitrogen and oxygen atoms in total. The van der Waals surface area contributed by atoms with E-state index in [4.69, 9.17) is 0 Å².